The number of rotatable bonds is 1. The molecule has 0 bridgehead atoms. The van der Waals surface area contributed by atoms with E-state index in [2.05, 4.69) is 15.3 Å². The molecule has 0 aliphatic heterocycles. The van der Waals surface area contributed by atoms with Crippen molar-refractivity contribution in [3.63, 3.8) is 0 Å². The molecular weight excluding hydrogens is 252 g/mol. The minimum Gasteiger partial charge on any atom is -0.492 e. The van der Waals surface area contributed by atoms with Gasteiger partial charge in [0.1, 0.15) is 5.52 Å². The van der Waals surface area contributed by atoms with Crippen LogP contribution >= 0.6 is 0 Å². The van der Waals surface area contributed by atoms with E-state index in [-0.39, 0.29) is 5.88 Å². The van der Waals surface area contributed by atoms with Gasteiger partial charge in [0.05, 0.1) is 11.2 Å². The van der Waals surface area contributed by atoms with Gasteiger partial charge in [0.15, 0.2) is 5.52 Å². The Labute approximate surface area is 114 Å². The first kappa shape index (κ1) is 10.9. The monoisotopic (exact) mass is 262 g/mol. The quantitative estimate of drug-likeness (QED) is 0.573. The van der Waals surface area contributed by atoms with Crippen molar-refractivity contribution in [2.24, 2.45) is 0 Å². The average Bonchev–Trinajstić information content (AvgIpc) is 2.86. The highest BCUT2D eigenvalue weighted by Crippen LogP contribution is 2.29. The maximum absolute atomic E-state index is 10.3. The van der Waals surface area contributed by atoms with Crippen LogP contribution in [0.5, 0.6) is 5.88 Å². The number of benzene rings is 2. The first-order chi connectivity index (χ1) is 9.84. The maximum Gasteiger partial charge on any atom is 0.243 e. The molecule has 0 radical (unpaired) electrons. The highest BCUT2D eigenvalue weighted by molar-refractivity contribution is 6.02. The molecule has 20 heavy (non-hydrogen) atoms. The molecule has 2 aromatic heterocycles. The predicted molar refractivity (Wildman–Crippen MR) is 75.8 cm³/mol. The Kier molecular flexibility index (Phi) is 2.20. The third-order valence-corrected chi connectivity index (χ3v) is 3.25. The molecular formula is C15H10N4O. The second-order valence-corrected chi connectivity index (χ2v) is 4.49. The molecule has 0 atom stereocenters. The number of nitrogens with zero attached hydrogens (tertiary/aromatic N) is 4. The molecule has 0 aliphatic carbocycles. The Bertz CT molecular complexity index is 915. The van der Waals surface area contributed by atoms with Crippen molar-refractivity contribution in [1.29, 1.82) is 0 Å². The van der Waals surface area contributed by atoms with Crippen LogP contribution in [-0.4, -0.2) is 25.1 Å². The summed E-state index contributed by atoms with van der Waals surface area (Å²) >= 11 is 0. The molecule has 0 saturated carbocycles. The molecule has 5 heteroatoms. The predicted octanol–water partition coefficient (Wildman–Crippen LogP) is 2.67. The van der Waals surface area contributed by atoms with Crippen LogP contribution in [0.25, 0.3) is 27.6 Å². The summed E-state index contributed by atoms with van der Waals surface area (Å²) in [4.78, 5) is 0. The standard InChI is InChI=1S/C15H10N4O/c20-15-14-13(11-8-4-5-9-12(11)16-17-14)18-19(15)10-6-2-1-3-7-10/h1-9,20H. The fourth-order valence-electron chi connectivity index (χ4n) is 2.29. The molecule has 0 amide bonds. The van der Waals surface area contributed by atoms with E-state index in [1.807, 2.05) is 54.6 Å². The molecule has 0 saturated heterocycles. The van der Waals surface area contributed by atoms with Crippen molar-refractivity contribution in [2.45, 2.75) is 0 Å². The van der Waals surface area contributed by atoms with Crippen LogP contribution in [-0.2, 0) is 0 Å². The average molecular weight is 262 g/mol. The molecule has 0 unspecified atom stereocenters. The van der Waals surface area contributed by atoms with Gasteiger partial charge in [0.2, 0.25) is 5.88 Å². The van der Waals surface area contributed by atoms with Crippen molar-refractivity contribution >= 4 is 21.9 Å². The van der Waals surface area contributed by atoms with Gasteiger partial charge in [-0.2, -0.15) is 9.78 Å². The molecule has 4 rings (SSSR count). The van der Waals surface area contributed by atoms with E-state index in [0.29, 0.717) is 11.0 Å². The summed E-state index contributed by atoms with van der Waals surface area (Å²) < 4.78 is 1.48. The van der Waals surface area contributed by atoms with Gasteiger partial charge in [-0.3, -0.25) is 0 Å². The lowest BCUT2D eigenvalue weighted by atomic mass is 10.2. The number of hydrogen-bond donors (Lipinski definition) is 1. The van der Waals surface area contributed by atoms with Crippen LogP contribution in [0.2, 0.25) is 0 Å². The summed E-state index contributed by atoms with van der Waals surface area (Å²) in [5.74, 6) is 0.00412. The normalized spacial score (nSPS) is 11.2. The van der Waals surface area contributed by atoms with E-state index in [4.69, 9.17) is 0 Å². The van der Waals surface area contributed by atoms with E-state index >= 15 is 0 Å². The lowest BCUT2D eigenvalue weighted by molar-refractivity contribution is 0.437. The first-order valence-electron chi connectivity index (χ1n) is 6.23. The summed E-state index contributed by atoms with van der Waals surface area (Å²) in [6, 6.07) is 17.1. The van der Waals surface area contributed by atoms with Crippen LogP contribution in [0.15, 0.2) is 54.6 Å². The van der Waals surface area contributed by atoms with Crippen LogP contribution in [0.3, 0.4) is 0 Å². The van der Waals surface area contributed by atoms with Crippen LogP contribution in [0.1, 0.15) is 0 Å². The largest absolute Gasteiger partial charge is 0.492 e. The Morgan fingerprint density at radius 3 is 2.40 bits per heavy atom. The Morgan fingerprint density at radius 1 is 0.800 bits per heavy atom. The summed E-state index contributed by atoms with van der Waals surface area (Å²) in [5.41, 5.74) is 2.61. The summed E-state index contributed by atoms with van der Waals surface area (Å²) in [6.07, 6.45) is 0. The zero-order valence-electron chi connectivity index (χ0n) is 10.4. The number of para-hydroxylation sites is 1. The molecule has 0 fully saturated rings. The molecule has 5 nitrogen and oxygen atoms in total. The minimum atomic E-state index is 0.00412. The third-order valence-electron chi connectivity index (χ3n) is 3.25. The van der Waals surface area contributed by atoms with Crippen LogP contribution in [0, 0.1) is 0 Å². The third kappa shape index (κ3) is 1.46. The lowest BCUT2D eigenvalue weighted by Gasteiger charge is -2.00. The lowest BCUT2D eigenvalue weighted by Crippen LogP contribution is -1.94. The fourth-order valence-corrected chi connectivity index (χ4v) is 2.29. The second-order valence-electron chi connectivity index (χ2n) is 4.49. The smallest absolute Gasteiger partial charge is 0.243 e. The second kappa shape index (κ2) is 4.03. The summed E-state index contributed by atoms with van der Waals surface area (Å²) in [5, 5.41) is 23.8. The number of aromatic hydroxyl groups is 1. The highest BCUT2D eigenvalue weighted by atomic mass is 16.3. The van der Waals surface area contributed by atoms with Crippen molar-refractivity contribution in [3.8, 4) is 11.6 Å². The van der Waals surface area contributed by atoms with E-state index in [9.17, 15) is 5.11 Å². The van der Waals surface area contributed by atoms with Gasteiger partial charge in [-0.1, -0.05) is 36.4 Å². The number of fused-ring (bicyclic) bond motifs is 3. The van der Waals surface area contributed by atoms with Crippen molar-refractivity contribution in [2.75, 3.05) is 0 Å². The molecule has 2 aromatic carbocycles. The number of aromatic nitrogens is 4. The molecule has 1 N–H and O–H groups in total. The van der Waals surface area contributed by atoms with Gasteiger partial charge in [-0.05, 0) is 18.2 Å². The highest BCUT2D eigenvalue weighted by Gasteiger charge is 2.15. The molecule has 4 aromatic rings. The van der Waals surface area contributed by atoms with E-state index in [0.717, 1.165) is 16.6 Å². The Balaban J connectivity index is 2.10. The van der Waals surface area contributed by atoms with Crippen molar-refractivity contribution in [1.82, 2.24) is 20.0 Å². The van der Waals surface area contributed by atoms with Crippen molar-refractivity contribution < 1.29 is 5.11 Å². The zero-order valence-corrected chi connectivity index (χ0v) is 10.4. The van der Waals surface area contributed by atoms with Gasteiger partial charge in [0.25, 0.3) is 0 Å². The van der Waals surface area contributed by atoms with E-state index in [1.165, 1.54) is 4.68 Å². The van der Waals surface area contributed by atoms with E-state index in [1.54, 1.807) is 0 Å². The zero-order chi connectivity index (χ0) is 13.5. The van der Waals surface area contributed by atoms with Gasteiger partial charge < -0.3 is 5.11 Å². The fraction of sp³-hybridized carbons (Fsp3) is 0. The van der Waals surface area contributed by atoms with Crippen molar-refractivity contribution in [3.05, 3.63) is 54.6 Å². The summed E-state index contributed by atoms with van der Waals surface area (Å²) in [6.45, 7) is 0. The van der Waals surface area contributed by atoms with Gasteiger partial charge >= 0.3 is 0 Å². The van der Waals surface area contributed by atoms with Crippen LogP contribution < -0.4 is 0 Å². The summed E-state index contributed by atoms with van der Waals surface area (Å²) in [7, 11) is 0. The number of hydrogen-bond acceptors (Lipinski definition) is 4. The Morgan fingerprint density at radius 2 is 1.55 bits per heavy atom. The molecule has 0 aliphatic rings. The Hall–Kier alpha value is -2.95. The van der Waals surface area contributed by atoms with Crippen LogP contribution in [0.4, 0.5) is 0 Å². The molecule has 96 valence electrons. The topological polar surface area (TPSA) is 63.8 Å². The van der Waals surface area contributed by atoms with E-state index < -0.39 is 0 Å². The molecule has 2 heterocycles. The first-order valence-corrected chi connectivity index (χ1v) is 6.23. The molecule has 0 spiro atoms. The van der Waals surface area contributed by atoms with Gasteiger partial charge in [-0.15, -0.1) is 10.2 Å². The van der Waals surface area contributed by atoms with Gasteiger partial charge in [-0.25, -0.2) is 0 Å². The minimum absolute atomic E-state index is 0.00412. The maximum atomic E-state index is 10.3. The SMILES string of the molecule is Oc1c2nnc3ccccc3c2nn1-c1ccccc1. The van der Waals surface area contributed by atoms with Gasteiger partial charge in [0, 0.05) is 5.39 Å².